The Balaban J connectivity index is 1.70. The van der Waals surface area contributed by atoms with Crippen molar-refractivity contribution in [2.75, 3.05) is 32.8 Å². The van der Waals surface area contributed by atoms with Crippen molar-refractivity contribution in [1.29, 1.82) is 0 Å². The number of halogens is 2. The molecular weight excluding hydrogens is 383 g/mol. The SMILES string of the molecule is Cc1ccc([C@@H](CN2CCOCC2)NC(=O)Cc2ccc(Cl)c(Cl)c2)cc1. The van der Waals surface area contributed by atoms with Gasteiger partial charge in [-0.1, -0.05) is 59.1 Å². The third-order valence-electron chi connectivity index (χ3n) is 4.71. The molecule has 0 aliphatic carbocycles. The molecule has 2 aromatic carbocycles. The lowest BCUT2D eigenvalue weighted by molar-refractivity contribution is -0.121. The maximum absolute atomic E-state index is 12.7. The van der Waals surface area contributed by atoms with Gasteiger partial charge in [-0.3, -0.25) is 9.69 Å². The minimum Gasteiger partial charge on any atom is -0.379 e. The highest BCUT2D eigenvalue weighted by molar-refractivity contribution is 6.42. The third kappa shape index (κ3) is 5.94. The first kappa shape index (κ1) is 20.2. The number of aryl methyl sites for hydroxylation is 1. The zero-order chi connectivity index (χ0) is 19.2. The summed E-state index contributed by atoms with van der Waals surface area (Å²) < 4.78 is 5.43. The second-order valence-corrected chi connectivity index (χ2v) is 7.68. The third-order valence-corrected chi connectivity index (χ3v) is 5.45. The lowest BCUT2D eigenvalue weighted by atomic mass is 10.0. The molecule has 1 fully saturated rings. The van der Waals surface area contributed by atoms with Gasteiger partial charge in [0.25, 0.3) is 0 Å². The number of carbonyl (C=O) groups is 1. The molecule has 1 saturated heterocycles. The summed E-state index contributed by atoms with van der Waals surface area (Å²) in [4.78, 5) is 15.0. The van der Waals surface area contributed by atoms with Crippen molar-refractivity contribution in [2.24, 2.45) is 0 Å². The molecule has 0 unspecified atom stereocenters. The molecule has 0 aromatic heterocycles. The highest BCUT2D eigenvalue weighted by Gasteiger charge is 2.20. The summed E-state index contributed by atoms with van der Waals surface area (Å²) in [6.45, 7) is 6.05. The molecule has 1 aliphatic heterocycles. The van der Waals surface area contributed by atoms with Gasteiger partial charge in [-0.2, -0.15) is 0 Å². The molecule has 0 radical (unpaired) electrons. The van der Waals surface area contributed by atoms with Gasteiger partial charge >= 0.3 is 0 Å². The molecule has 1 heterocycles. The van der Waals surface area contributed by atoms with Crippen LogP contribution in [0.3, 0.4) is 0 Å². The van der Waals surface area contributed by atoms with Crippen LogP contribution in [0.5, 0.6) is 0 Å². The van der Waals surface area contributed by atoms with Crippen LogP contribution in [0.2, 0.25) is 10.0 Å². The zero-order valence-electron chi connectivity index (χ0n) is 15.4. The van der Waals surface area contributed by atoms with Crippen LogP contribution in [0.1, 0.15) is 22.7 Å². The number of amides is 1. The van der Waals surface area contributed by atoms with Crippen LogP contribution in [0, 0.1) is 6.92 Å². The Hall–Kier alpha value is -1.59. The van der Waals surface area contributed by atoms with Gasteiger partial charge in [0.15, 0.2) is 0 Å². The maximum atomic E-state index is 12.7. The Morgan fingerprint density at radius 3 is 2.48 bits per heavy atom. The van der Waals surface area contributed by atoms with Crippen LogP contribution in [0.15, 0.2) is 42.5 Å². The number of nitrogens with zero attached hydrogens (tertiary/aromatic N) is 1. The Morgan fingerprint density at radius 2 is 1.81 bits per heavy atom. The fourth-order valence-corrected chi connectivity index (χ4v) is 3.48. The van der Waals surface area contributed by atoms with E-state index < -0.39 is 0 Å². The monoisotopic (exact) mass is 406 g/mol. The van der Waals surface area contributed by atoms with Crippen molar-refractivity contribution in [3.05, 3.63) is 69.2 Å². The fourth-order valence-electron chi connectivity index (χ4n) is 3.16. The number of carbonyl (C=O) groups excluding carboxylic acids is 1. The van der Waals surface area contributed by atoms with E-state index in [0.29, 0.717) is 10.0 Å². The van der Waals surface area contributed by atoms with E-state index >= 15 is 0 Å². The highest BCUT2D eigenvalue weighted by Crippen LogP contribution is 2.23. The van der Waals surface area contributed by atoms with E-state index in [0.717, 1.165) is 44.0 Å². The van der Waals surface area contributed by atoms with Crippen molar-refractivity contribution in [1.82, 2.24) is 10.2 Å². The average molecular weight is 407 g/mol. The molecule has 1 N–H and O–H groups in total. The van der Waals surface area contributed by atoms with Gasteiger partial charge in [0.2, 0.25) is 5.91 Å². The predicted octanol–water partition coefficient (Wildman–Crippen LogP) is 4.03. The molecule has 0 spiro atoms. The molecule has 0 saturated carbocycles. The van der Waals surface area contributed by atoms with Crippen LogP contribution < -0.4 is 5.32 Å². The summed E-state index contributed by atoms with van der Waals surface area (Å²) in [5.41, 5.74) is 3.15. The molecule has 3 rings (SSSR count). The number of hydrogen-bond donors (Lipinski definition) is 1. The summed E-state index contributed by atoms with van der Waals surface area (Å²) in [5.74, 6) is -0.0350. The van der Waals surface area contributed by atoms with Crippen molar-refractivity contribution >= 4 is 29.1 Å². The van der Waals surface area contributed by atoms with E-state index in [1.54, 1.807) is 12.1 Å². The van der Waals surface area contributed by atoms with Crippen LogP contribution in [-0.4, -0.2) is 43.7 Å². The van der Waals surface area contributed by atoms with Gasteiger partial charge in [-0.25, -0.2) is 0 Å². The minimum atomic E-state index is -0.0704. The molecule has 1 atom stereocenters. The van der Waals surface area contributed by atoms with Crippen LogP contribution in [-0.2, 0) is 16.0 Å². The molecule has 27 heavy (non-hydrogen) atoms. The van der Waals surface area contributed by atoms with Gasteiger partial charge < -0.3 is 10.1 Å². The van der Waals surface area contributed by atoms with Crippen molar-refractivity contribution in [2.45, 2.75) is 19.4 Å². The van der Waals surface area contributed by atoms with Crippen LogP contribution >= 0.6 is 23.2 Å². The smallest absolute Gasteiger partial charge is 0.224 e. The number of nitrogens with one attached hydrogen (secondary N) is 1. The average Bonchev–Trinajstić information content (AvgIpc) is 2.66. The predicted molar refractivity (Wildman–Crippen MR) is 109 cm³/mol. The van der Waals surface area contributed by atoms with E-state index in [4.69, 9.17) is 27.9 Å². The van der Waals surface area contributed by atoms with Gasteiger partial charge in [-0.05, 0) is 30.2 Å². The molecule has 144 valence electrons. The first-order chi connectivity index (χ1) is 13.0. The number of morpholine rings is 1. The molecule has 1 amide bonds. The number of rotatable bonds is 6. The van der Waals surface area contributed by atoms with E-state index in [-0.39, 0.29) is 18.4 Å². The van der Waals surface area contributed by atoms with E-state index in [2.05, 4.69) is 41.4 Å². The summed E-state index contributed by atoms with van der Waals surface area (Å²) in [5, 5.41) is 4.14. The molecule has 4 nitrogen and oxygen atoms in total. The van der Waals surface area contributed by atoms with Crippen molar-refractivity contribution < 1.29 is 9.53 Å². The van der Waals surface area contributed by atoms with Gasteiger partial charge in [0.05, 0.1) is 35.7 Å². The zero-order valence-corrected chi connectivity index (χ0v) is 16.9. The largest absolute Gasteiger partial charge is 0.379 e. The van der Waals surface area contributed by atoms with Crippen molar-refractivity contribution in [3.63, 3.8) is 0 Å². The quantitative estimate of drug-likeness (QED) is 0.786. The maximum Gasteiger partial charge on any atom is 0.224 e. The summed E-state index contributed by atoms with van der Waals surface area (Å²) >= 11 is 12.0. The van der Waals surface area contributed by atoms with Gasteiger partial charge in [0.1, 0.15) is 0 Å². The number of hydrogen-bond acceptors (Lipinski definition) is 3. The second-order valence-electron chi connectivity index (χ2n) is 6.87. The summed E-state index contributed by atoms with van der Waals surface area (Å²) in [6, 6.07) is 13.5. The van der Waals surface area contributed by atoms with Crippen LogP contribution in [0.25, 0.3) is 0 Å². The van der Waals surface area contributed by atoms with E-state index in [1.807, 2.05) is 6.07 Å². The Labute approximate surface area is 170 Å². The summed E-state index contributed by atoms with van der Waals surface area (Å²) in [6.07, 6.45) is 0.266. The lowest BCUT2D eigenvalue weighted by Crippen LogP contribution is -2.43. The topological polar surface area (TPSA) is 41.6 Å². The minimum absolute atomic E-state index is 0.0350. The second kappa shape index (κ2) is 9.56. The molecule has 2 aromatic rings. The Bertz CT molecular complexity index is 774. The van der Waals surface area contributed by atoms with Gasteiger partial charge in [-0.15, -0.1) is 0 Å². The number of benzene rings is 2. The van der Waals surface area contributed by atoms with Crippen LogP contribution in [0.4, 0.5) is 0 Å². The Kier molecular flexibility index (Phi) is 7.13. The standard InChI is InChI=1S/C21H24Cl2N2O2/c1-15-2-5-17(6-3-15)20(14-25-8-10-27-11-9-25)24-21(26)13-16-4-7-18(22)19(23)12-16/h2-7,12,20H,8-11,13-14H2,1H3,(H,24,26)/t20-/m1/s1. The van der Waals surface area contributed by atoms with E-state index in [1.165, 1.54) is 5.56 Å². The highest BCUT2D eigenvalue weighted by atomic mass is 35.5. The molecule has 0 bridgehead atoms. The summed E-state index contributed by atoms with van der Waals surface area (Å²) in [7, 11) is 0. The number of ether oxygens (including phenoxy) is 1. The molecule has 6 heteroatoms. The first-order valence-electron chi connectivity index (χ1n) is 9.11. The lowest BCUT2D eigenvalue weighted by Gasteiger charge is -2.31. The molecular formula is C21H24Cl2N2O2. The fraction of sp³-hybridized carbons (Fsp3) is 0.381. The van der Waals surface area contributed by atoms with Crippen molar-refractivity contribution in [3.8, 4) is 0 Å². The van der Waals surface area contributed by atoms with E-state index in [9.17, 15) is 4.79 Å². The molecule has 1 aliphatic rings. The first-order valence-corrected chi connectivity index (χ1v) is 9.87. The normalized spacial score (nSPS) is 16.1. The van der Waals surface area contributed by atoms with Gasteiger partial charge in [0, 0.05) is 19.6 Å². The Morgan fingerprint density at radius 1 is 1.11 bits per heavy atom.